The van der Waals surface area contributed by atoms with Gasteiger partial charge in [0.2, 0.25) is 0 Å². The van der Waals surface area contributed by atoms with E-state index in [1.54, 1.807) is 0 Å². The highest BCUT2D eigenvalue weighted by Gasteiger charge is 2.49. The molecule has 0 atom stereocenters. The predicted octanol–water partition coefficient (Wildman–Crippen LogP) is 2.84. The lowest BCUT2D eigenvalue weighted by atomic mass is 9.89. The molecule has 0 aliphatic heterocycles. The van der Waals surface area contributed by atoms with Gasteiger partial charge in [-0.05, 0) is 29.7 Å². The number of carbonyl (C=O) groups excluding carboxylic acids is 1. The Morgan fingerprint density at radius 2 is 1.73 bits per heavy atom. The molecular weight excluding hydrogens is 325 g/mol. The Morgan fingerprint density at radius 3 is 2.14 bits per heavy atom. The Bertz CT molecular complexity index is 717. The Labute approximate surface area is 124 Å². The summed E-state index contributed by atoms with van der Waals surface area (Å²) in [6.45, 7) is 0. The second kappa shape index (κ2) is 5.64. The van der Waals surface area contributed by atoms with Gasteiger partial charge in [-0.15, -0.1) is 0 Å². The fourth-order valence-corrected chi connectivity index (χ4v) is 2.40. The fraction of sp³-hybridized carbons (Fsp3) is 0.308. The first-order valence-corrected chi connectivity index (χ1v) is 7.48. The SMILES string of the molecule is COC(=O)c1ccc(C2=C(OS(=O)(=O)C(F)(F)F)CC2)cc1. The molecule has 1 aliphatic rings. The summed E-state index contributed by atoms with van der Waals surface area (Å²) in [5, 5.41) is 0. The van der Waals surface area contributed by atoms with E-state index in [2.05, 4.69) is 8.92 Å². The highest BCUT2D eigenvalue weighted by molar-refractivity contribution is 7.87. The number of carbonyl (C=O) groups is 1. The summed E-state index contributed by atoms with van der Waals surface area (Å²) in [5.41, 5.74) is -4.33. The molecule has 120 valence electrons. The highest BCUT2D eigenvalue weighted by Crippen LogP contribution is 2.40. The molecule has 0 bridgehead atoms. The summed E-state index contributed by atoms with van der Waals surface area (Å²) < 4.78 is 67.4. The minimum absolute atomic E-state index is 0.101. The lowest BCUT2D eigenvalue weighted by Gasteiger charge is -2.24. The number of benzene rings is 1. The number of rotatable bonds is 4. The van der Waals surface area contributed by atoms with Gasteiger partial charge in [-0.1, -0.05) is 12.1 Å². The Morgan fingerprint density at radius 1 is 1.14 bits per heavy atom. The van der Waals surface area contributed by atoms with Crippen molar-refractivity contribution in [3.05, 3.63) is 41.2 Å². The first kappa shape index (κ1) is 16.3. The summed E-state index contributed by atoms with van der Waals surface area (Å²) in [6.07, 6.45) is 0.490. The first-order valence-electron chi connectivity index (χ1n) is 6.07. The van der Waals surface area contributed by atoms with Gasteiger partial charge in [0, 0.05) is 6.42 Å². The van der Waals surface area contributed by atoms with Crippen LogP contribution < -0.4 is 0 Å². The number of allylic oxidation sites excluding steroid dienone is 2. The molecule has 0 saturated heterocycles. The van der Waals surface area contributed by atoms with Crippen LogP contribution in [0.1, 0.15) is 28.8 Å². The highest BCUT2D eigenvalue weighted by atomic mass is 32.2. The lowest BCUT2D eigenvalue weighted by molar-refractivity contribution is -0.0524. The van der Waals surface area contributed by atoms with Gasteiger partial charge >= 0.3 is 21.6 Å². The smallest absolute Gasteiger partial charge is 0.465 e. The molecule has 0 unspecified atom stereocenters. The molecule has 0 aromatic heterocycles. The Balaban J connectivity index is 2.24. The van der Waals surface area contributed by atoms with Gasteiger partial charge in [-0.25, -0.2) is 4.79 Å². The average molecular weight is 336 g/mol. The van der Waals surface area contributed by atoms with Gasteiger partial charge < -0.3 is 8.92 Å². The number of methoxy groups -OCH3 is 1. The Hall–Kier alpha value is -2.03. The van der Waals surface area contributed by atoms with Crippen molar-refractivity contribution in [1.82, 2.24) is 0 Å². The molecule has 0 saturated carbocycles. The van der Waals surface area contributed by atoms with Crippen molar-refractivity contribution in [3.8, 4) is 0 Å². The van der Waals surface area contributed by atoms with Crippen molar-refractivity contribution in [2.75, 3.05) is 7.11 Å². The fourth-order valence-electron chi connectivity index (χ4n) is 1.85. The standard InChI is InChI=1S/C13H11F3O5S/c1-20-12(17)9-4-2-8(3-5-9)10-6-7-11(10)21-22(18,19)13(14,15)16/h2-5H,6-7H2,1H3. The summed E-state index contributed by atoms with van der Waals surface area (Å²) in [6, 6.07) is 5.85. The van der Waals surface area contributed by atoms with Gasteiger partial charge in [-0.2, -0.15) is 21.6 Å². The molecule has 9 heteroatoms. The zero-order chi connectivity index (χ0) is 16.5. The van der Waals surface area contributed by atoms with Crippen LogP contribution in [0, 0.1) is 0 Å². The second-order valence-electron chi connectivity index (χ2n) is 4.45. The van der Waals surface area contributed by atoms with Gasteiger partial charge in [0.1, 0.15) is 5.76 Å². The van der Waals surface area contributed by atoms with E-state index in [1.165, 1.54) is 31.4 Å². The minimum atomic E-state index is -5.66. The molecule has 0 heterocycles. The summed E-state index contributed by atoms with van der Waals surface area (Å²) in [7, 11) is -4.44. The van der Waals surface area contributed by atoms with Crippen LogP contribution in [0.4, 0.5) is 13.2 Å². The van der Waals surface area contributed by atoms with Crippen LogP contribution in [-0.4, -0.2) is 27.0 Å². The van der Waals surface area contributed by atoms with E-state index in [1.807, 2.05) is 0 Å². The van der Waals surface area contributed by atoms with Crippen LogP contribution in [0.3, 0.4) is 0 Å². The van der Waals surface area contributed by atoms with E-state index in [0.29, 0.717) is 17.6 Å². The number of alkyl halides is 3. The van der Waals surface area contributed by atoms with Crippen molar-refractivity contribution < 1.29 is 35.3 Å². The third-order valence-corrected chi connectivity index (χ3v) is 4.07. The molecule has 0 amide bonds. The maximum atomic E-state index is 12.3. The van der Waals surface area contributed by atoms with Crippen LogP contribution in [0.2, 0.25) is 0 Å². The summed E-state index contributed by atoms with van der Waals surface area (Å²) >= 11 is 0. The number of hydrogen-bond donors (Lipinski definition) is 0. The van der Waals surface area contributed by atoms with Gasteiger partial charge in [0.15, 0.2) is 0 Å². The van der Waals surface area contributed by atoms with Crippen molar-refractivity contribution in [1.29, 1.82) is 0 Å². The number of esters is 1. The lowest BCUT2D eigenvalue weighted by Crippen LogP contribution is -2.26. The average Bonchev–Trinajstić information content (AvgIpc) is 2.42. The molecule has 0 radical (unpaired) electrons. The van der Waals surface area contributed by atoms with Gasteiger partial charge in [0.25, 0.3) is 0 Å². The number of ether oxygens (including phenoxy) is 1. The molecule has 1 aromatic carbocycles. The maximum Gasteiger partial charge on any atom is 0.534 e. The van der Waals surface area contributed by atoms with Crippen molar-refractivity contribution in [2.45, 2.75) is 18.3 Å². The normalized spacial score (nSPS) is 15.3. The topological polar surface area (TPSA) is 69.7 Å². The quantitative estimate of drug-likeness (QED) is 0.480. The van der Waals surface area contributed by atoms with Crippen LogP contribution in [-0.2, 0) is 19.0 Å². The molecule has 0 fully saturated rings. The monoisotopic (exact) mass is 336 g/mol. The molecule has 5 nitrogen and oxygen atoms in total. The third kappa shape index (κ3) is 3.08. The zero-order valence-electron chi connectivity index (χ0n) is 11.3. The molecule has 0 spiro atoms. The van der Waals surface area contributed by atoms with E-state index >= 15 is 0 Å². The molecule has 22 heavy (non-hydrogen) atoms. The van der Waals surface area contributed by atoms with E-state index in [-0.39, 0.29) is 17.7 Å². The molecule has 1 aliphatic carbocycles. The van der Waals surface area contributed by atoms with E-state index in [0.717, 1.165) is 0 Å². The molecule has 1 aromatic rings. The summed E-state index contributed by atoms with van der Waals surface area (Å²) in [4.78, 5) is 11.3. The minimum Gasteiger partial charge on any atom is -0.465 e. The predicted molar refractivity (Wildman–Crippen MR) is 70.0 cm³/mol. The number of hydrogen-bond acceptors (Lipinski definition) is 5. The molecule has 0 N–H and O–H groups in total. The van der Waals surface area contributed by atoms with Crippen LogP contribution in [0.5, 0.6) is 0 Å². The first-order chi connectivity index (χ1) is 10.2. The maximum absolute atomic E-state index is 12.3. The largest absolute Gasteiger partial charge is 0.534 e. The van der Waals surface area contributed by atoms with Gasteiger partial charge in [0.05, 0.1) is 12.7 Å². The Kier molecular flexibility index (Phi) is 4.19. The molecular formula is C13H11F3O5S. The van der Waals surface area contributed by atoms with Crippen LogP contribution in [0.15, 0.2) is 30.0 Å². The van der Waals surface area contributed by atoms with Crippen LogP contribution in [0.25, 0.3) is 5.57 Å². The number of halogens is 3. The molecule has 2 rings (SSSR count). The van der Waals surface area contributed by atoms with Crippen molar-refractivity contribution >= 4 is 21.7 Å². The van der Waals surface area contributed by atoms with Crippen LogP contribution >= 0.6 is 0 Å². The summed E-state index contributed by atoms with van der Waals surface area (Å²) in [5.74, 6) is -0.784. The van der Waals surface area contributed by atoms with Crippen molar-refractivity contribution in [3.63, 3.8) is 0 Å². The van der Waals surface area contributed by atoms with Gasteiger partial charge in [-0.3, -0.25) is 0 Å². The van der Waals surface area contributed by atoms with E-state index in [4.69, 9.17) is 0 Å². The third-order valence-electron chi connectivity index (χ3n) is 3.09. The van der Waals surface area contributed by atoms with E-state index < -0.39 is 21.6 Å². The van der Waals surface area contributed by atoms with Crippen molar-refractivity contribution in [2.24, 2.45) is 0 Å². The second-order valence-corrected chi connectivity index (χ2v) is 5.99. The zero-order valence-corrected chi connectivity index (χ0v) is 12.1. The van der Waals surface area contributed by atoms with E-state index in [9.17, 15) is 26.4 Å².